The molecule has 0 spiro atoms. The molecule has 0 aromatic heterocycles. The average molecular weight is 355 g/mol. The number of nitrogens with one attached hydrogen (secondary N) is 1. The Morgan fingerprint density at radius 1 is 1.08 bits per heavy atom. The van der Waals surface area contributed by atoms with Crippen LogP contribution in [0.25, 0.3) is 0 Å². The third kappa shape index (κ3) is 5.56. The Kier molecular flexibility index (Phi) is 6.14. The van der Waals surface area contributed by atoms with Crippen molar-refractivity contribution in [1.82, 2.24) is 5.32 Å². The summed E-state index contributed by atoms with van der Waals surface area (Å²) in [7, 11) is 0. The van der Waals surface area contributed by atoms with Crippen LogP contribution in [-0.4, -0.2) is 17.6 Å². The van der Waals surface area contributed by atoms with Gasteiger partial charge in [-0.1, -0.05) is 30.3 Å². The first-order chi connectivity index (χ1) is 11.8. The van der Waals surface area contributed by atoms with Crippen LogP contribution in [-0.2, 0) is 17.4 Å². The highest BCUT2D eigenvalue weighted by molar-refractivity contribution is 5.76. The molecule has 0 aliphatic carbocycles. The summed E-state index contributed by atoms with van der Waals surface area (Å²) in [4.78, 5) is 11.8. The van der Waals surface area contributed by atoms with Crippen molar-refractivity contribution in [2.75, 3.05) is 6.54 Å². The van der Waals surface area contributed by atoms with Crippen LogP contribution in [0.3, 0.4) is 0 Å². The average Bonchev–Trinajstić information content (AvgIpc) is 2.58. The quantitative estimate of drug-likeness (QED) is 0.778. The zero-order valence-electron chi connectivity index (χ0n) is 13.2. The largest absolute Gasteiger partial charge is 0.416 e. The van der Waals surface area contributed by atoms with E-state index in [1.165, 1.54) is 18.2 Å². The zero-order valence-corrected chi connectivity index (χ0v) is 13.2. The van der Waals surface area contributed by atoms with Crippen molar-refractivity contribution in [3.05, 3.63) is 71.0 Å². The van der Waals surface area contributed by atoms with Crippen LogP contribution < -0.4 is 5.32 Å². The highest BCUT2D eigenvalue weighted by atomic mass is 19.4. The Hall–Kier alpha value is -2.41. The van der Waals surface area contributed by atoms with Crippen molar-refractivity contribution >= 4 is 5.91 Å². The standard InChI is InChI=1S/C18H17F4NO2/c19-15-4-2-1-3-12(15)7-10-17(25)23-11-16(24)13-5-8-14(9-6-13)18(20,21)22/h1-6,8-9,16,24H,7,10-11H2,(H,23,25). The fourth-order valence-corrected chi connectivity index (χ4v) is 2.26. The Balaban J connectivity index is 1.82. The van der Waals surface area contributed by atoms with Crippen LogP contribution in [0, 0.1) is 5.82 Å². The summed E-state index contributed by atoms with van der Waals surface area (Å²) in [6.07, 6.45) is -5.31. The first-order valence-corrected chi connectivity index (χ1v) is 7.62. The molecule has 0 aliphatic rings. The third-order valence-electron chi connectivity index (χ3n) is 3.69. The lowest BCUT2D eigenvalue weighted by atomic mass is 10.1. The van der Waals surface area contributed by atoms with Gasteiger partial charge in [-0.05, 0) is 35.7 Å². The molecule has 1 unspecified atom stereocenters. The molecular weight excluding hydrogens is 338 g/mol. The second kappa shape index (κ2) is 8.11. The predicted molar refractivity (Wildman–Crippen MR) is 84.1 cm³/mol. The molecule has 0 saturated heterocycles. The number of hydrogen-bond acceptors (Lipinski definition) is 2. The number of aliphatic hydroxyl groups is 1. The normalized spacial score (nSPS) is 12.7. The molecule has 2 N–H and O–H groups in total. The fourth-order valence-electron chi connectivity index (χ4n) is 2.26. The van der Waals surface area contributed by atoms with Crippen LogP contribution in [0.1, 0.15) is 29.2 Å². The topological polar surface area (TPSA) is 49.3 Å². The maximum atomic E-state index is 13.4. The van der Waals surface area contributed by atoms with E-state index >= 15 is 0 Å². The first kappa shape index (κ1) is 18.9. The number of carbonyl (C=O) groups is 1. The van der Waals surface area contributed by atoms with E-state index in [0.717, 1.165) is 12.1 Å². The van der Waals surface area contributed by atoms with Gasteiger partial charge in [-0.3, -0.25) is 4.79 Å². The number of hydrogen-bond donors (Lipinski definition) is 2. The minimum atomic E-state index is -4.44. The van der Waals surface area contributed by atoms with Crippen LogP contribution >= 0.6 is 0 Å². The van der Waals surface area contributed by atoms with Crippen LogP contribution in [0.5, 0.6) is 0 Å². The maximum Gasteiger partial charge on any atom is 0.416 e. The minimum Gasteiger partial charge on any atom is -0.387 e. The predicted octanol–water partition coefficient (Wildman–Crippen LogP) is 3.63. The number of rotatable bonds is 6. The molecule has 0 aliphatic heterocycles. The molecule has 0 saturated carbocycles. The van der Waals surface area contributed by atoms with E-state index in [-0.39, 0.29) is 36.7 Å². The van der Waals surface area contributed by atoms with Gasteiger partial charge < -0.3 is 10.4 Å². The Bertz CT molecular complexity index is 714. The fraction of sp³-hybridized carbons (Fsp3) is 0.278. The smallest absolute Gasteiger partial charge is 0.387 e. The second-order valence-electron chi connectivity index (χ2n) is 5.53. The monoisotopic (exact) mass is 355 g/mol. The van der Waals surface area contributed by atoms with Crippen molar-refractivity contribution in [2.45, 2.75) is 25.1 Å². The van der Waals surface area contributed by atoms with Gasteiger partial charge >= 0.3 is 6.18 Å². The van der Waals surface area contributed by atoms with E-state index in [4.69, 9.17) is 0 Å². The Morgan fingerprint density at radius 3 is 2.32 bits per heavy atom. The second-order valence-corrected chi connectivity index (χ2v) is 5.53. The van der Waals surface area contributed by atoms with Crippen molar-refractivity contribution in [3.63, 3.8) is 0 Å². The number of halogens is 4. The lowest BCUT2D eigenvalue weighted by Crippen LogP contribution is -2.28. The van der Waals surface area contributed by atoms with Gasteiger partial charge in [0, 0.05) is 13.0 Å². The maximum absolute atomic E-state index is 13.4. The summed E-state index contributed by atoms with van der Waals surface area (Å²) < 4.78 is 50.9. The van der Waals surface area contributed by atoms with Crippen molar-refractivity contribution in [3.8, 4) is 0 Å². The summed E-state index contributed by atoms with van der Waals surface area (Å²) >= 11 is 0. The van der Waals surface area contributed by atoms with Crippen molar-refractivity contribution in [2.24, 2.45) is 0 Å². The van der Waals surface area contributed by atoms with Crippen LogP contribution in [0.4, 0.5) is 17.6 Å². The van der Waals surface area contributed by atoms with Gasteiger partial charge in [-0.2, -0.15) is 13.2 Å². The van der Waals surface area contributed by atoms with Gasteiger partial charge in [0.1, 0.15) is 5.82 Å². The highest BCUT2D eigenvalue weighted by Crippen LogP contribution is 2.29. The first-order valence-electron chi connectivity index (χ1n) is 7.62. The number of alkyl halides is 3. The summed E-state index contributed by atoms with van der Waals surface area (Å²) in [6, 6.07) is 10.2. The molecule has 7 heteroatoms. The highest BCUT2D eigenvalue weighted by Gasteiger charge is 2.30. The summed E-state index contributed by atoms with van der Waals surface area (Å²) in [5.74, 6) is -0.769. The number of aryl methyl sites for hydroxylation is 1. The van der Waals surface area contributed by atoms with E-state index in [9.17, 15) is 27.5 Å². The van der Waals surface area contributed by atoms with Gasteiger partial charge in [0.25, 0.3) is 0 Å². The SMILES string of the molecule is O=C(CCc1ccccc1F)NCC(O)c1ccc(C(F)(F)F)cc1. The molecule has 1 amide bonds. The van der Waals surface area contributed by atoms with E-state index in [2.05, 4.69) is 5.32 Å². The summed E-state index contributed by atoms with van der Waals surface area (Å²) in [6.45, 7) is -0.137. The molecule has 0 heterocycles. The van der Waals surface area contributed by atoms with Gasteiger partial charge in [-0.15, -0.1) is 0 Å². The molecular formula is C18H17F4NO2. The van der Waals surface area contributed by atoms with E-state index < -0.39 is 17.8 Å². The molecule has 2 rings (SSSR count). The van der Waals surface area contributed by atoms with Gasteiger partial charge in [-0.25, -0.2) is 4.39 Å². The summed E-state index contributed by atoms with van der Waals surface area (Å²) in [5, 5.41) is 12.4. The molecule has 0 bridgehead atoms. The lowest BCUT2D eigenvalue weighted by Gasteiger charge is -2.14. The molecule has 3 nitrogen and oxygen atoms in total. The van der Waals surface area contributed by atoms with E-state index in [0.29, 0.717) is 5.56 Å². The van der Waals surface area contributed by atoms with Gasteiger partial charge in [0.2, 0.25) is 5.91 Å². The van der Waals surface area contributed by atoms with E-state index in [1.807, 2.05) is 0 Å². The lowest BCUT2D eigenvalue weighted by molar-refractivity contribution is -0.137. The molecule has 2 aromatic carbocycles. The number of benzene rings is 2. The molecule has 0 fully saturated rings. The van der Waals surface area contributed by atoms with Gasteiger partial charge in [0.05, 0.1) is 11.7 Å². The molecule has 25 heavy (non-hydrogen) atoms. The molecule has 134 valence electrons. The Labute approximate surface area is 142 Å². The third-order valence-corrected chi connectivity index (χ3v) is 3.69. The van der Waals surface area contributed by atoms with Crippen LogP contribution in [0.15, 0.2) is 48.5 Å². The molecule has 0 radical (unpaired) electrons. The van der Waals surface area contributed by atoms with E-state index in [1.54, 1.807) is 18.2 Å². The van der Waals surface area contributed by atoms with Crippen molar-refractivity contribution in [1.29, 1.82) is 0 Å². The number of aliphatic hydroxyl groups excluding tert-OH is 1. The van der Waals surface area contributed by atoms with Gasteiger partial charge in [0.15, 0.2) is 0 Å². The molecule has 2 aromatic rings. The minimum absolute atomic E-state index is 0.0423. The number of amides is 1. The number of carbonyl (C=O) groups excluding carboxylic acids is 1. The Morgan fingerprint density at radius 2 is 1.72 bits per heavy atom. The molecule has 1 atom stereocenters. The van der Waals surface area contributed by atoms with Crippen LogP contribution in [0.2, 0.25) is 0 Å². The summed E-state index contributed by atoms with van der Waals surface area (Å²) in [5.41, 5.74) is -0.124. The zero-order chi connectivity index (χ0) is 18.4. The van der Waals surface area contributed by atoms with Crippen molar-refractivity contribution < 1.29 is 27.5 Å².